The Hall–Kier alpha value is -2.30. The lowest BCUT2D eigenvalue weighted by Gasteiger charge is -2.17. The lowest BCUT2D eigenvalue weighted by Crippen LogP contribution is -2.56. The largest absolute Gasteiger partial charge is 0.392 e. The molecule has 0 fully saturated rings. The van der Waals surface area contributed by atoms with E-state index in [1.165, 1.54) is 31.2 Å². The van der Waals surface area contributed by atoms with E-state index in [9.17, 15) is 22.8 Å². The Morgan fingerprint density at radius 3 is 2.22 bits per heavy atom. The summed E-state index contributed by atoms with van der Waals surface area (Å²) in [6.07, 6.45) is -0.0672. The highest BCUT2D eigenvalue weighted by atomic mass is 32.2. The van der Waals surface area contributed by atoms with Crippen LogP contribution in [0.4, 0.5) is 0 Å². The fourth-order valence-corrected chi connectivity index (χ4v) is 2.46. The second kappa shape index (κ2) is 7.81. The van der Waals surface area contributed by atoms with Crippen molar-refractivity contribution >= 4 is 27.9 Å². The Morgan fingerprint density at radius 1 is 1.13 bits per heavy atom. The third-order valence-corrected chi connectivity index (χ3v) is 4.12. The molecule has 0 saturated carbocycles. The summed E-state index contributed by atoms with van der Waals surface area (Å²) >= 11 is 0. The molecule has 1 aromatic rings. The lowest BCUT2D eigenvalue weighted by molar-refractivity contribution is -0.161. The fraction of sp³-hybridized carbons (Fsp3) is 0.308. The van der Waals surface area contributed by atoms with E-state index in [4.69, 9.17) is 11.5 Å². The van der Waals surface area contributed by atoms with Gasteiger partial charge in [0.15, 0.2) is 0 Å². The summed E-state index contributed by atoms with van der Waals surface area (Å²) in [4.78, 5) is 34.2. The molecule has 9 nitrogen and oxygen atoms in total. The Labute approximate surface area is 133 Å². The standard InChI is InChI=1S/C13H17N3O6S/c1-2-9(17)22-13(19)11(15)10(14)12(18)16-23(20,21)8-6-4-3-5-7-8/h3-7,10-11H,2,14-15H2,1H3,(H,16,18). The molecular weight excluding hydrogens is 326 g/mol. The molecule has 2 atom stereocenters. The summed E-state index contributed by atoms with van der Waals surface area (Å²) in [5.74, 6) is -3.24. The van der Waals surface area contributed by atoms with Crippen molar-refractivity contribution in [2.75, 3.05) is 0 Å². The number of carbonyl (C=O) groups excluding carboxylic acids is 3. The van der Waals surface area contributed by atoms with E-state index >= 15 is 0 Å². The highest BCUT2D eigenvalue weighted by molar-refractivity contribution is 7.90. The molecule has 126 valence electrons. The summed E-state index contributed by atoms with van der Waals surface area (Å²) in [5, 5.41) is 0. The van der Waals surface area contributed by atoms with Gasteiger partial charge in [-0.1, -0.05) is 25.1 Å². The van der Waals surface area contributed by atoms with Crippen LogP contribution in [0.2, 0.25) is 0 Å². The Bertz CT molecular complexity index is 689. The molecule has 0 heterocycles. The van der Waals surface area contributed by atoms with Gasteiger partial charge in [-0.25, -0.2) is 17.9 Å². The molecule has 1 amide bonds. The number of rotatable bonds is 6. The number of hydrogen-bond acceptors (Lipinski definition) is 8. The summed E-state index contributed by atoms with van der Waals surface area (Å²) in [6.45, 7) is 1.46. The van der Waals surface area contributed by atoms with Crippen molar-refractivity contribution in [1.82, 2.24) is 4.72 Å². The van der Waals surface area contributed by atoms with Gasteiger partial charge in [0.05, 0.1) is 4.90 Å². The predicted molar refractivity (Wildman–Crippen MR) is 79.1 cm³/mol. The first-order valence-corrected chi connectivity index (χ1v) is 8.04. The monoisotopic (exact) mass is 343 g/mol. The highest BCUT2D eigenvalue weighted by Crippen LogP contribution is 2.07. The maximum atomic E-state index is 12.0. The van der Waals surface area contributed by atoms with E-state index in [1.54, 1.807) is 10.8 Å². The van der Waals surface area contributed by atoms with Crippen LogP contribution in [0, 0.1) is 0 Å². The Balaban J connectivity index is 2.77. The molecule has 0 spiro atoms. The van der Waals surface area contributed by atoms with Gasteiger partial charge in [-0.15, -0.1) is 0 Å². The number of benzene rings is 1. The van der Waals surface area contributed by atoms with Gasteiger partial charge in [-0.2, -0.15) is 0 Å². The third kappa shape index (κ3) is 5.13. The molecule has 10 heteroatoms. The number of ether oxygens (including phenoxy) is 1. The second-order valence-corrected chi connectivity index (χ2v) is 6.16. The second-order valence-electron chi connectivity index (χ2n) is 4.48. The first kappa shape index (κ1) is 18.7. The number of nitrogens with two attached hydrogens (primary N) is 2. The van der Waals surface area contributed by atoms with Crippen LogP contribution in [-0.4, -0.2) is 38.3 Å². The number of sulfonamides is 1. The van der Waals surface area contributed by atoms with Gasteiger partial charge in [-0.3, -0.25) is 9.59 Å². The van der Waals surface area contributed by atoms with E-state index in [2.05, 4.69) is 4.74 Å². The fourth-order valence-electron chi connectivity index (χ4n) is 1.42. The zero-order valence-corrected chi connectivity index (χ0v) is 13.1. The van der Waals surface area contributed by atoms with Crippen LogP contribution >= 0.6 is 0 Å². The van der Waals surface area contributed by atoms with Crippen molar-refractivity contribution < 1.29 is 27.5 Å². The van der Waals surface area contributed by atoms with E-state index < -0.39 is 40.0 Å². The van der Waals surface area contributed by atoms with Crippen molar-refractivity contribution in [3.63, 3.8) is 0 Å². The summed E-state index contributed by atoms with van der Waals surface area (Å²) in [7, 11) is -4.15. The predicted octanol–water partition coefficient (Wildman–Crippen LogP) is -1.37. The van der Waals surface area contributed by atoms with Crippen LogP contribution < -0.4 is 16.2 Å². The maximum absolute atomic E-state index is 12.0. The van der Waals surface area contributed by atoms with Gasteiger partial charge in [0, 0.05) is 6.42 Å². The molecule has 5 N–H and O–H groups in total. The Morgan fingerprint density at radius 2 is 1.70 bits per heavy atom. The van der Waals surface area contributed by atoms with Gasteiger partial charge in [0.2, 0.25) is 0 Å². The van der Waals surface area contributed by atoms with Crippen LogP contribution in [0.3, 0.4) is 0 Å². The van der Waals surface area contributed by atoms with Crippen LogP contribution in [0.5, 0.6) is 0 Å². The molecular formula is C13H17N3O6S. The van der Waals surface area contributed by atoms with Gasteiger partial charge in [0.25, 0.3) is 15.9 Å². The van der Waals surface area contributed by atoms with Crippen molar-refractivity contribution in [2.45, 2.75) is 30.3 Å². The van der Waals surface area contributed by atoms with Crippen molar-refractivity contribution in [3.05, 3.63) is 30.3 Å². The van der Waals surface area contributed by atoms with Gasteiger partial charge < -0.3 is 16.2 Å². The lowest BCUT2D eigenvalue weighted by atomic mass is 10.1. The average molecular weight is 343 g/mol. The van der Waals surface area contributed by atoms with Gasteiger partial charge in [0.1, 0.15) is 12.1 Å². The van der Waals surface area contributed by atoms with E-state index in [-0.39, 0.29) is 11.3 Å². The minimum absolute atomic E-state index is 0.0672. The molecule has 0 aromatic heterocycles. The van der Waals surface area contributed by atoms with Crippen LogP contribution in [0.15, 0.2) is 35.2 Å². The van der Waals surface area contributed by atoms with Crippen molar-refractivity contribution in [3.8, 4) is 0 Å². The number of esters is 2. The van der Waals surface area contributed by atoms with Crippen LogP contribution in [0.25, 0.3) is 0 Å². The molecule has 0 saturated heterocycles. The van der Waals surface area contributed by atoms with Gasteiger partial charge in [-0.05, 0) is 12.1 Å². The quantitative estimate of drug-likeness (QED) is 0.421. The SMILES string of the molecule is CCC(=O)OC(=O)C(N)C(N)C(=O)NS(=O)(=O)c1ccccc1. The number of carbonyl (C=O) groups is 3. The first-order valence-electron chi connectivity index (χ1n) is 6.56. The number of amides is 1. The van der Waals surface area contributed by atoms with Crippen molar-refractivity contribution in [2.24, 2.45) is 11.5 Å². The maximum Gasteiger partial charge on any atom is 0.332 e. The summed E-state index contributed by atoms with van der Waals surface area (Å²) in [6, 6.07) is 3.70. The minimum Gasteiger partial charge on any atom is -0.392 e. The zero-order chi connectivity index (χ0) is 17.6. The molecule has 2 unspecified atom stereocenters. The topological polar surface area (TPSA) is 159 Å². The first-order chi connectivity index (χ1) is 10.7. The van der Waals surface area contributed by atoms with E-state index in [1.807, 2.05) is 0 Å². The highest BCUT2D eigenvalue weighted by Gasteiger charge is 2.32. The molecule has 0 aliphatic heterocycles. The smallest absolute Gasteiger partial charge is 0.332 e. The molecule has 0 radical (unpaired) electrons. The van der Waals surface area contributed by atoms with E-state index in [0.29, 0.717) is 0 Å². The minimum atomic E-state index is -4.15. The van der Waals surface area contributed by atoms with E-state index in [0.717, 1.165) is 0 Å². The normalized spacial score (nSPS) is 13.7. The molecule has 0 aliphatic carbocycles. The molecule has 1 rings (SSSR count). The van der Waals surface area contributed by atoms with Crippen LogP contribution in [0.1, 0.15) is 13.3 Å². The average Bonchev–Trinajstić information content (AvgIpc) is 2.53. The molecule has 23 heavy (non-hydrogen) atoms. The van der Waals surface area contributed by atoms with Gasteiger partial charge >= 0.3 is 11.9 Å². The van der Waals surface area contributed by atoms with Crippen LogP contribution in [-0.2, 0) is 29.1 Å². The Kier molecular flexibility index (Phi) is 6.37. The molecule has 1 aromatic carbocycles. The molecule has 0 aliphatic rings. The summed E-state index contributed by atoms with van der Waals surface area (Å²) in [5.41, 5.74) is 10.9. The summed E-state index contributed by atoms with van der Waals surface area (Å²) < 4.78 is 30.0. The number of hydrogen-bond donors (Lipinski definition) is 3. The molecule has 0 bridgehead atoms. The zero-order valence-electron chi connectivity index (χ0n) is 12.3. The number of nitrogens with one attached hydrogen (secondary N) is 1. The van der Waals surface area contributed by atoms with Crippen molar-refractivity contribution in [1.29, 1.82) is 0 Å². The third-order valence-electron chi connectivity index (χ3n) is 2.75.